The van der Waals surface area contributed by atoms with E-state index in [-0.39, 0.29) is 5.41 Å². The summed E-state index contributed by atoms with van der Waals surface area (Å²) in [6.07, 6.45) is 18.7. The van der Waals surface area contributed by atoms with Gasteiger partial charge in [0.25, 0.3) is 0 Å². The normalized spacial score (nSPS) is 13.2. The minimum absolute atomic E-state index is 0.101. The molecule has 0 nitrogen and oxygen atoms in total. The van der Waals surface area contributed by atoms with Crippen molar-refractivity contribution in [2.24, 2.45) is 0 Å². The van der Waals surface area contributed by atoms with Gasteiger partial charge in [0.1, 0.15) is 0 Å². The Kier molecular flexibility index (Phi) is 11.1. The van der Waals surface area contributed by atoms with Gasteiger partial charge in [0.05, 0.1) is 0 Å². The van der Waals surface area contributed by atoms with Crippen LogP contribution in [0.4, 0.5) is 0 Å². The van der Waals surface area contributed by atoms with Crippen LogP contribution in [0, 0.1) is 0 Å². The zero-order valence-corrected chi connectivity index (χ0v) is 27.5. The van der Waals surface area contributed by atoms with E-state index in [9.17, 15) is 0 Å². The van der Waals surface area contributed by atoms with E-state index >= 15 is 0 Å². The molecule has 5 rings (SSSR count). The molecule has 0 saturated carbocycles. The Hall–Kier alpha value is -2.64. The van der Waals surface area contributed by atoms with Crippen LogP contribution in [0.25, 0.3) is 33.4 Å². The molecule has 1 aliphatic carbocycles. The molecule has 0 N–H and O–H groups in total. The van der Waals surface area contributed by atoms with E-state index < -0.39 is 0 Å². The molecule has 0 unspecified atom stereocenters. The molecule has 0 aliphatic heterocycles. The SMILES string of the molecule is CCCCCCCCC1(CCCCCCCC)c2cc(Br)ccc2-c2ccc(-c3ccc(-c4ccccc4)cc3)cc21. The minimum atomic E-state index is 0.101. The van der Waals surface area contributed by atoms with E-state index in [2.05, 4.69) is 121 Å². The second-order valence-corrected chi connectivity index (χ2v) is 13.4. The van der Waals surface area contributed by atoms with Gasteiger partial charge in [0.2, 0.25) is 0 Å². The second kappa shape index (κ2) is 15.2. The summed E-state index contributed by atoms with van der Waals surface area (Å²) in [5, 5.41) is 0. The Labute approximate surface area is 264 Å². The Balaban J connectivity index is 1.48. The monoisotopic (exact) mass is 620 g/mol. The van der Waals surface area contributed by atoms with E-state index in [4.69, 9.17) is 0 Å². The van der Waals surface area contributed by atoms with E-state index in [0.29, 0.717) is 0 Å². The van der Waals surface area contributed by atoms with Crippen molar-refractivity contribution in [2.75, 3.05) is 0 Å². The third kappa shape index (κ3) is 7.11. The van der Waals surface area contributed by atoms with Gasteiger partial charge in [-0.15, -0.1) is 0 Å². The Morgan fingerprint density at radius 3 is 1.50 bits per heavy atom. The quantitative estimate of drug-likeness (QED) is 0.109. The van der Waals surface area contributed by atoms with Crippen molar-refractivity contribution in [2.45, 2.75) is 109 Å². The topological polar surface area (TPSA) is 0 Å². The first-order valence-corrected chi connectivity index (χ1v) is 17.6. The molecule has 0 fully saturated rings. The molecule has 0 radical (unpaired) electrons. The molecule has 4 aromatic rings. The summed E-state index contributed by atoms with van der Waals surface area (Å²) < 4.78 is 1.21. The van der Waals surface area contributed by atoms with Crippen LogP contribution in [0.3, 0.4) is 0 Å². The summed E-state index contributed by atoms with van der Waals surface area (Å²) in [5.41, 5.74) is 11.3. The van der Waals surface area contributed by atoms with Gasteiger partial charge in [-0.2, -0.15) is 0 Å². The molecule has 0 heterocycles. The number of hydrogen-bond donors (Lipinski definition) is 0. The van der Waals surface area contributed by atoms with Crippen molar-refractivity contribution >= 4 is 15.9 Å². The van der Waals surface area contributed by atoms with Crippen molar-refractivity contribution < 1.29 is 0 Å². The summed E-state index contributed by atoms with van der Waals surface area (Å²) in [6, 6.07) is 34.3. The van der Waals surface area contributed by atoms with Crippen molar-refractivity contribution in [1.29, 1.82) is 0 Å². The second-order valence-electron chi connectivity index (χ2n) is 12.5. The molecular formula is C41H49Br. The summed E-state index contributed by atoms with van der Waals surface area (Å²) >= 11 is 3.86. The van der Waals surface area contributed by atoms with Gasteiger partial charge < -0.3 is 0 Å². The van der Waals surface area contributed by atoms with Crippen LogP contribution in [0.2, 0.25) is 0 Å². The number of fused-ring (bicyclic) bond motifs is 3. The largest absolute Gasteiger partial charge is 0.0654 e. The average molecular weight is 622 g/mol. The first kappa shape index (κ1) is 30.8. The van der Waals surface area contributed by atoms with Gasteiger partial charge in [-0.25, -0.2) is 0 Å². The van der Waals surface area contributed by atoms with E-state index in [0.717, 1.165) is 0 Å². The van der Waals surface area contributed by atoms with Gasteiger partial charge >= 0.3 is 0 Å². The number of benzene rings is 4. The maximum absolute atomic E-state index is 3.86. The summed E-state index contributed by atoms with van der Waals surface area (Å²) in [7, 11) is 0. The third-order valence-corrected chi connectivity index (χ3v) is 10.1. The Morgan fingerprint density at radius 2 is 0.905 bits per heavy atom. The first-order chi connectivity index (χ1) is 20.7. The fourth-order valence-electron chi connectivity index (χ4n) is 7.21. The molecule has 220 valence electrons. The Bertz CT molecular complexity index is 1380. The molecule has 4 aromatic carbocycles. The van der Waals surface area contributed by atoms with Crippen LogP contribution in [0.5, 0.6) is 0 Å². The molecular weight excluding hydrogens is 572 g/mol. The fraction of sp³-hybridized carbons (Fsp3) is 0.415. The van der Waals surface area contributed by atoms with Gasteiger partial charge in [-0.3, -0.25) is 0 Å². The van der Waals surface area contributed by atoms with Crippen molar-refractivity contribution in [1.82, 2.24) is 0 Å². The van der Waals surface area contributed by atoms with Crippen LogP contribution in [-0.2, 0) is 5.41 Å². The van der Waals surface area contributed by atoms with Gasteiger partial charge in [0.15, 0.2) is 0 Å². The number of halogens is 1. The zero-order chi connectivity index (χ0) is 29.2. The van der Waals surface area contributed by atoms with E-state index in [1.165, 1.54) is 128 Å². The Morgan fingerprint density at radius 1 is 0.452 bits per heavy atom. The fourth-order valence-corrected chi connectivity index (χ4v) is 7.57. The van der Waals surface area contributed by atoms with Crippen LogP contribution in [0.15, 0.2) is 95.5 Å². The highest BCUT2D eigenvalue weighted by atomic mass is 79.9. The number of rotatable bonds is 16. The van der Waals surface area contributed by atoms with Crippen LogP contribution in [0.1, 0.15) is 115 Å². The summed E-state index contributed by atoms with van der Waals surface area (Å²) in [5.74, 6) is 0. The molecule has 1 aliphatic rings. The molecule has 0 bridgehead atoms. The highest BCUT2D eigenvalue weighted by molar-refractivity contribution is 9.10. The number of hydrogen-bond acceptors (Lipinski definition) is 0. The van der Waals surface area contributed by atoms with Crippen molar-refractivity contribution in [3.63, 3.8) is 0 Å². The summed E-state index contributed by atoms with van der Waals surface area (Å²) in [4.78, 5) is 0. The molecule has 0 atom stereocenters. The van der Waals surface area contributed by atoms with Crippen LogP contribution < -0.4 is 0 Å². The van der Waals surface area contributed by atoms with Gasteiger partial charge in [-0.05, 0) is 75.5 Å². The van der Waals surface area contributed by atoms with Gasteiger partial charge in [0, 0.05) is 9.89 Å². The van der Waals surface area contributed by atoms with Crippen LogP contribution >= 0.6 is 15.9 Å². The molecule has 42 heavy (non-hydrogen) atoms. The molecule has 0 amide bonds. The minimum Gasteiger partial charge on any atom is -0.0654 e. The van der Waals surface area contributed by atoms with E-state index in [1.54, 1.807) is 11.1 Å². The van der Waals surface area contributed by atoms with Crippen LogP contribution in [-0.4, -0.2) is 0 Å². The molecule has 1 heteroatoms. The van der Waals surface area contributed by atoms with Crippen molar-refractivity contribution in [3.8, 4) is 33.4 Å². The lowest BCUT2D eigenvalue weighted by Gasteiger charge is -2.33. The zero-order valence-electron chi connectivity index (χ0n) is 25.9. The lowest BCUT2D eigenvalue weighted by atomic mass is 9.70. The smallest absolute Gasteiger partial charge is 0.0215 e. The maximum Gasteiger partial charge on any atom is 0.0215 e. The third-order valence-electron chi connectivity index (χ3n) is 9.56. The lowest BCUT2D eigenvalue weighted by molar-refractivity contribution is 0.398. The maximum atomic E-state index is 3.86. The highest BCUT2D eigenvalue weighted by Crippen LogP contribution is 2.55. The standard InChI is InChI=1S/C41H49Br/c1-3-5-7-9-11-16-28-41(29-17-12-10-8-6-4-2)39-30-35(24-26-37(39)38-27-25-36(42)31-40(38)41)34-22-20-33(21-23-34)32-18-14-13-15-19-32/h13-15,18-27,30-31H,3-12,16-17,28-29H2,1-2H3. The van der Waals surface area contributed by atoms with Crippen molar-refractivity contribution in [3.05, 3.63) is 107 Å². The molecule has 0 spiro atoms. The van der Waals surface area contributed by atoms with Gasteiger partial charge in [-0.1, -0.05) is 180 Å². The molecule has 0 saturated heterocycles. The first-order valence-electron chi connectivity index (χ1n) is 16.8. The summed E-state index contributed by atoms with van der Waals surface area (Å²) in [6.45, 7) is 4.62. The predicted molar refractivity (Wildman–Crippen MR) is 187 cm³/mol. The predicted octanol–water partition coefficient (Wildman–Crippen LogP) is 13.6. The van der Waals surface area contributed by atoms with E-state index in [1.807, 2.05) is 0 Å². The number of unbranched alkanes of at least 4 members (excludes halogenated alkanes) is 10. The average Bonchev–Trinajstić information content (AvgIpc) is 3.29. The molecule has 0 aromatic heterocycles. The highest BCUT2D eigenvalue weighted by Gasteiger charge is 2.42. The lowest BCUT2D eigenvalue weighted by Crippen LogP contribution is -2.25.